The number of hydrogen-bond acceptors (Lipinski definition) is 6. The number of fused-ring (bicyclic) bond motifs is 2. The average molecular weight is 586 g/mol. The van der Waals surface area contributed by atoms with E-state index in [1.54, 1.807) is 4.90 Å². The normalized spacial score (nSPS) is 18.9. The molecule has 2 fully saturated rings. The van der Waals surface area contributed by atoms with Crippen molar-refractivity contribution in [1.29, 1.82) is 0 Å². The summed E-state index contributed by atoms with van der Waals surface area (Å²) in [5.74, 6) is 2.54. The number of imidazole rings is 2. The van der Waals surface area contributed by atoms with Gasteiger partial charge in [0.1, 0.15) is 17.2 Å². The summed E-state index contributed by atoms with van der Waals surface area (Å²) in [6.07, 6.45) is 10.5. The number of aromatic amines is 2. The third-order valence-electron chi connectivity index (χ3n) is 8.08. The zero-order valence-corrected chi connectivity index (χ0v) is 25.3. The minimum absolute atomic E-state index is 0.0913. The van der Waals surface area contributed by atoms with Gasteiger partial charge >= 0.3 is 6.09 Å². The van der Waals surface area contributed by atoms with E-state index in [9.17, 15) is 4.79 Å². The Morgan fingerprint density at radius 3 is 2.02 bits per heavy atom. The standard InChI is InChI=1S/C32H35N5O2S2/c1-32(2,3)39-31(38)37-14-6-9-24(37)30-34-18-23(36-30)21-11-13-26-28(16-21)41-25-12-10-20(15-27(25)40-26)22-17-33-29(35-22)19-7-4-5-8-19/h10-13,15-19,24H,4-9,14H2,1-3H3,(H,33,35)(H,34,36)/t24-/m1/s1. The lowest BCUT2D eigenvalue weighted by atomic mass is 10.1. The van der Waals surface area contributed by atoms with Gasteiger partial charge < -0.3 is 14.7 Å². The second kappa shape index (κ2) is 10.6. The summed E-state index contributed by atoms with van der Waals surface area (Å²) in [5, 5.41) is 0. The molecular weight excluding hydrogens is 551 g/mol. The van der Waals surface area contributed by atoms with Crippen LogP contribution < -0.4 is 0 Å². The van der Waals surface area contributed by atoms with E-state index >= 15 is 0 Å². The van der Waals surface area contributed by atoms with Crippen LogP contribution in [0.15, 0.2) is 68.4 Å². The predicted octanol–water partition coefficient (Wildman–Crippen LogP) is 8.81. The van der Waals surface area contributed by atoms with E-state index in [-0.39, 0.29) is 12.1 Å². The van der Waals surface area contributed by atoms with E-state index < -0.39 is 5.60 Å². The van der Waals surface area contributed by atoms with Crippen molar-refractivity contribution in [3.05, 3.63) is 60.4 Å². The van der Waals surface area contributed by atoms with Crippen LogP contribution >= 0.6 is 23.5 Å². The fourth-order valence-electron chi connectivity index (χ4n) is 6.05. The first-order valence-corrected chi connectivity index (χ1v) is 16.2. The first kappa shape index (κ1) is 26.7. The molecule has 9 heteroatoms. The molecule has 2 aliphatic heterocycles. The molecule has 0 bridgehead atoms. The van der Waals surface area contributed by atoms with Crippen LogP contribution in [0.1, 0.15) is 82.9 Å². The van der Waals surface area contributed by atoms with E-state index in [0.717, 1.165) is 41.4 Å². The van der Waals surface area contributed by atoms with E-state index in [4.69, 9.17) is 14.7 Å². The molecule has 1 saturated heterocycles. The molecule has 1 amide bonds. The molecule has 1 saturated carbocycles. The Balaban J connectivity index is 1.08. The number of nitrogens with zero attached hydrogens (tertiary/aromatic N) is 3. The quantitative estimate of drug-likeness (QED) is 0.219. The van der Waals surface area contributed by atoms with Gasteiger partial charge in [-0.3, -0.25) is 4.90 Å². The highest BCUT2D eigenvalue weighted by molar-refractivity contribution is 8.05. The SMILES string of the molecule is CC(C)(C)OC(=O)N1CCC[C@@H]1c1ncc(-c2ccc3c(c2)Sc2ccc(-c4cnc(C5CCCC5)[nH]4)cc2S3)[nH]1. The lowest BCUT2D eigenvalue weighted by Crippen LogP contribution is -2.36. The third kappa shape index (κ3) is 5.42. The number of aromatic nitrogens is 4. The van der Waals surface area contributed by atoms with Crippen LogP contribution in [0.2, 0.25) is 0 Å². The summed E-state index contributed by atoms with van der Waals surface area (Å²) in [6.45, 7) is 6.38. The Bertz CT molecular complexity index is 1600. The summed E-state index contributed by atoms with van der Waals surface area (Å²) in [7, 11) is 0. The summed E-state index contributed by atoms with van der Waals surface area (Å²) in [6, 6.07) is 13.2. The number of nitrogens with one attached hydrogen (secondary N) is 2. The molecule has 0 unspecified atom stereocenters. The number of hydrogen-bond donors (Lipinski definition) is 2. The van der Waals surface area contributed by atoms with Crippen molar-refractivity contribution < 1.29 is 9.53 Å². The van der Waals surface area contributed by atoms with Crippen LogP contribution in [0.5, 0.6) is 0 Å². The van der Waals surface area contributed by atoms with Gasteiger partial charge in [0.05, 0.1) is 29.8 Å². The highest BCUT2D eigenvalue weighted by Crippen LogP contribution is 2.50. The van der Waals surface area contributed by atoms with Gasteiger partial charge in [0.2, 0.25) is 0 Å². The van der Waals surface area contributed by atoms with Crippen molar-refractivity contribution in [3.63, 3.8) is 0 Å². The Morgan fingerprint density at radius 2 is 1.41 bits per heavy atom. The molecule has 212 valence electrons. The Kier molecular flexibility index (Phi) is 6.90. The van der Waals surface area contributed by atoms with E-state index in [0.29, 0.717) is 12.5 Å². The monoisotopic (exact) mass is 585 g/mol. The first-order valence-electron chi connectivity index (χ1n) is 14.5. The van der Waals surface area contributed by atoms with Crippen LogP contribution in [0.25, 0.3) is 22.5 Å². The van der Waals surface area contributed by atoms with Crippen LogP contribution in [-0.2, 0) is 4.74 Å². The Labute approximate surface area is 249 Å². The van der Waals surface area contributed by atoms with Gasteiger partial charge in [0, 0.05) is 43.2 Å². The van der Waals surface area contributed by atoms with Gasteiger partial charge in [-0.15, -0.1) is 0 Å². The minimum Gasteiger partial charge on any atom is -0.444 e. The molecule has 2 aromatic carbocycles. The summed E-state index contributed by atoms with van der Waals surface area (Å²) >= 11 is 3.63. The fraction of sp³-hybridized carbons (Fsp3) is 0.406. The van der Waals surface area contributed by atoms with E-state index in [2.05, 4.69) is 46.4 Å². The Hall–Kier alpha value is -3.17. The largest absolute Gasteiger partial charge is 0.444 e. The number of benzene rings is 2. The van der Waals surface area contributed by atoms with Gasteiger partial charge in [-0.25, -0.2) is 14.8 Å². The van der Waals surface area contributed by atoms with Crippen molar-refractivity contribution >= 4 is 29.6 Å². The van der Waals surface area contributed by atoms with E-state index in [1.807, 2.05) is 56.7 Å². The van der Waals surface area contributed by atoms with Gasteiger partial charge in [0.25, 0.3) is 0 Å². The second-order valence-electron chi connectivity index (χ2n) is 12.2. The lowest BCUT2D eigenvalue weighted by molar-refractivity contribution is 0.0218. The van der Waals surface area contributed by atoms with E-state index in [1.165, 1.54) is 50.8 Å². The van der Waals surface area contributed by atoms with Crippen molar-refractivity contribution in [2.75, 3.05) is 6.54 Å². The van der Waals surface area contributed by atoms with Gasteiger partial charge in [-0.05, 0) is 70.7 Å². The zero-order valence-electron chi connectivity index (χ0n) is 23.7. The smallest absolute Gasteiger partial charge is 0.410 e. The molecule has 1 aliphatic carbocycles. The minimum atomic E-state index is -0.519. The molecule has 0 spiro atoms. The molecule has 4 aromatic rings. The molecule has 7 nitrogen and oxygen atoms in total. The van der Waals surface area contributed by atoms with Gasteiger partial charge in [-0.1, -0.05) is 48.5 Å². The molecular formula is C32H35N5O2S2. The molecule has 3 aliphatic rings. The maximum Gasteiger partial charge on any atom is 0.410 e. The maximum absolute atomic E-state index is 12.8. The highest BCUT2D eigenvalue weighted by Gasteiger charge is 2.35. The molecule has 2 aromatic heterocycles. The molecule has 7 rings (SSSR count). The average Bonchev–Trinajstić information content (AvgIpc) is 3.76. The maximum atomic E-state index is 12.8. The summed E-state index contributed by atoms with van der Waals surface area (Å²) in [4.78, 5) is 36.1. The third-order valence-corrected chi connectivity index (χ3v) is 10.6. The molecule has 2 N–H and O–H groups in total. The number of amides is 1. The molecule has 4 heterocycles. The predicted molar refractivity (Wildman–Crippen MR) is 162 cm³/mol. The Morgan fingerprint density at radius 1 is 0.829 bits per heavy atom. The molecule has 41 heavy (non-hydrogen) atoms. The fourth-order valence-corrected chi connectivity index (χ4v) is 8.32. The van der Waals surface area contributed by atoms with Crippen molar-refractivity contribution in [2.24, 2.45) is 0 Å². The molecule has 0 radical (unpaired) electrons. The number of ether oxygens (including phenoxy) is 1. The number of carbonyl (C=O) groups excluding carboxylic acids is 1. The number of H-pyrrole nitrogens is 2. The highest BCUT2D eigenvalue weighted by atomic mass is 32.2. The topological polar surface area (TPSA) is 86.9 Å². The van der Waals surface area contributed by atoms with Crippen LogP contribution in [0.3, 0.4) is 0 Å². The zero-order chi connectivity index (χ0) is 28.1. The molecule has 1 atom stereocenters. The van der Waals surface area contributed by atoms with Crippen LogP contribution in [0.4, 0.5) is 4.79 Å². The number of carbonyl (C=O) groups is 1. The van der Waals surface area contributed by atoms with Gasteiger partial charge in [-0.2, -0.15) is 0 Å². The van der Waals surface area contributed by atoms with Crippen LogP contribution in [-0.4, -0.2) is 43.1 Å². The van der Waals surface area contributed by atoms with Crippen molar-refractivity contribution in [3.8, 4) is 22.5 Å². The van der Waals surface area contributed by atoms with Crippen molar-refractivity contribution in [1.82, 2.24) is 24.8 Å². The van der Waals surface area contributed by atoms with Gasteiger partial charge in [0.15, 0.2) is 0 Å². The number of rotatable bonds is 4. The first-order chi connectivity index (χ1) is 19.8. The summed E-state index contributed by atoms with van der Waals surface area (Å²) < 4.78 is 5.65. The second-order valence-corrected chi connectivity index (χ2v) is 14.4. The number of likely N-dealkylation sites (tertiary alicyclic amines) is 1. The lowest BCUT2D eigenvalue weighted by Gasteiger charge is -2.27. The van der Waals surface area contributed by atoms with Crippen molar-refractivity contribution in [2.45, 2.75) is 96.4 Å². The van der Waals surface area contributed by atoms with Crippen LogP contribution in [0, 0.1) is 0 Å². The summed E-state index contributed by atoms with van der Waals surface area (Å²) in [5.41, 5.74) is 3.82.